The van der Waals surface area contributed by atoms with E-state index in [1.165, 1.54) is 10.4 Å². The highest BCUT2D eigenvalue weighted by Gasteiger charge is 2.26. The van der Waals surface area contributed by atoms with Crippen LogP contribution in [-0.4, -0.2) is 26.3 Å². The number of alkyl halides is 1. The van der Waals surface area contributed by atoms with Crippen molar-refractivity contribution >= 4 is 21.6 Å². The maximum atomic E-state index is 12.4. The summed E-state index contributed by atoms with van der Waals surface area (Å²) in [6.07, 6.45) is 0.942. The normalized spacial score (nSPS) is 14.1. The molecule has 1 aromatic rings. The molecule has 18 heavy (non-hydrogen) atoms. The van der Waals surface area contributed by atoms with Gasteiger partial charge in [0.05, 0.1) is 5.88 Å². The fourth-order valence-corrected chi connectivity index (χ4v) is 3.28. The summed E-state index contributed by atoms with van der Waals surface area (Å²) in [5.74, 6) is 1.36. The Kier molecular flexibility index (Phi) is 5.25. The molecule has 0 bridgehead atoms. The Bertz CT molecular complexity index is 495. The third-order valence-corrected chi connectivity index (χ3v) is 5.20. The Morgan fingerprint density at radius 1 is 1.50 bits per heavy atom. The van der Waals surface area contributed by atoms with Gasteiger partial charge >= 0.3 is 0 Å². The summed E-state index contributed by atoms with van der Waals surface area (Å²) in [5.41, 5.74) is 0. The van der Waals surface area contributed by atoms with Gasteiger partial charge in [0.2, 0.25) is 10.0 Å². The molecule has 0 amide bonds. The number of sulfonamides is 1. The van der Waals surface area contributed by atoms with Crippen LogP contribution in [0.2, 0.25) is 0 Å². The quantitative estimate of drug-likeness (QED) is 0.758. The third kappa shape index (κ3) is 3.28. The highest BCUT2D eigenvalue weighted by Crippen LogP contribution is 2.24. The zero-order chi connectivity index (χ0) is 13.9. The van der Waals surface area contributed by atoms with Gasteiger partial charge in [0.15, 0.2) is 0 Å². The predicted molar refractivity (Wildman–Crippen MR) is 72.3 cm³/mol. The fraction of sp³-hybridized carbons (Fsp3) is 0.667. The smallest absolute Gasteiger partial charge is 0.246 e. The molecule has 0 aliphatic heterocycles. The maximum Gasteiger partial charge on any atom is 0.246 e. The van der Waals surface area contributed by atoms with Crippen molar-refractivity contribution in [3.63, 3.8) is 0 Å². The van der Waals surface area contributed by atoms with Crippen molar-refractivity contribution in [1.82, 2.24) is 4.31 Å². The van der Waals surface area contributed by atoms with E-state index in [1.54, 1.807) is 14.0 Å². The zero-order valence-corrected chi connectivity index (χ0v) is 12.8. The molecule has 0 saturated carbocycles. The van der Waals surface area contributed by atoms with Gasteiger partial charge in [-0.15, -0.1) is 11.6 Å². The van der Waals surface area contributed by atoms with E-state index in [0.717, 1.165) is 6.42 Å². The van der Waals surface area contributed by atoms with Gasteiger partial charge in [-0.25, -0.2) is 12.7 Å². The highest BCUT2D eigenvalue weighted by molar-refractivity contribution is 7.89. The molecule has 1 heterocycles. The molecule has 1 aromatic heterocycles. The van der Waals surface area contributed by atoms with Gasteiger partial charge in [-0.05, 0) is 12.8 Å². The maximum absolute atomic E-state index is 12.4. The van der Waals surface area contributed by atoms with Crippen LogP contribution in [0.4, 0.5) is 0 Å². The van der Waals surface area contributed by atoms with Crippen molar-refractivity contribution < 1.29 is 12.8 Å². The molecule has 0 aliphatic carbocycles. The lowest BCUT2D eigenvalue weighted by Gasteiger charge is -2.19. The van der Waals surface area contributed by atoms with E-state index < -0.39 is 10.0 Å². The topological polar surface area (TPSA) is 50.5 Å². The lowest BCUT2D eigenvalue weighted by Crippen LogP contribution is -2.31. The fourth-order valence-electron chi connectivity index (χ4n) is 1.68. The molecule has 1 unspecified atom stereocenters. The van der Waals surface area contributed by atoms with Crippen LogP contribution in [0.5, 0.6) is 0 Å². The van der Waals surface area contributed by atoms with Gasteiger partial charge in [-0.1, -0.05) is 20.3 Å². The first-order valence-corrected chi connectivity index (χ1v) is 7.92. The van der Waals surface area contributed by atoms with Gasteiger partial charge < -0.3 is 4.42 Å². The SMILES string of the molecule is CCC(C)CN(C)S(=O)(=O)c1cc(CCl)oc1C. The van der Waals surface area contributed by atoms with Crippen molar-refractivity contribution in [2.45, 2.75) is 38.0 Å². The van der Waals surface area contributed by atoms with Crippen LogP contribution in [0, 0.1) is 12.8 Å². The van der Waals surface area contributed by atoms with Gasteiger partial charge in [0.1, 0.15) is 16.4 Å². The van der Waals surface area contributed by atoms with E-state index in [-0.39, 0.29) is 10.8 Å². The molecule has 1 rings (SSSR count). The minimum absolute atomic E-state index is 0.172. The van der Waals surface area contributed by atoms with Crippen molar-refractivity contribution in [3.05, 3.63) is 17.6 Å². The standard InChI is InChI=1S/C12H20ClNO3S/c1-5-9(2)8-14(4)18(15,16)12-6-11(7-13)17-10(12)3/h6,9H,5,7-8H2,1-4H3. The number of aryl methyl sites for hydroxylation is 1. The zero-order valence-electron chi connectivity index (χ0n) is 11.2. The molecular weight excluding hydrogens is 274 g/mol. The van der Waals surface area contributed by atoms with Gasteiger partial charge in [-0.3, -0.25) is 0 Å². The van der Waals surface area contributed by atoms with Crippen molar-refractivity contribution in [2.75, 3.05) is 13.6 Å². The second-order valence-electron chi connectivity index (χ2n) is 4.57. The molecule has 6 heteroatoms. The van der Waals surface area contributed by atoms with Crippen LogP contribution in [0.25, 0.3) is 0 Å². The molecule has 0 aromatic carbocycles. The molecule has 0 aliphatic rings. The van der Waals surface area contributed by atoms with E-state index in [1.807, 2.05) is 13.8 Å². The van der Waals surface area contributed by atoms with Crippen LogP contribution >= 0.6 is 11.6 Å². The summed E-state index contributed by atoms with van der Waals surface area (Å²) in [6, 6.07) is 1.50. The molecule has 0 spiro atoms. The van der Waals surface area contributed by atoms with Crippen LogP contribution < -0.4 is 0 Å². The van der Waals surface area contributed by atoms with Crippen molar-refractivity contribution in [2.24, 2.45) is 5.92 Å². The van der Waals surface area contributed by atoms with Crippen LogP contribution in [0.15, 0.2) is 15.4 Å². The van der Waals surface area contributed by atoms with E-state index >= 15 is 0 Å². The average molecular weight is 294 g/mol. The van der Waals surface area contributed by atoms with Gasteiger partial charge in [0, 0.05) is 19.7 Å². The molecule has 104 valence electrons. The number of furan rings is 1. The number of hydrogen-bond donors (Lipinski definition) is 0. The second-order valence-corrected chi connectivity index (χ2v) is 6.85. The lowest BCUT2D eigenvalue weighted by atomic mass is 10.1. The first kappa shape index (κ1) is 15.5. The number of nitrogens with zero attached hydrogens (tertiary/aromatic N) is 1. The third-order valence-electron chi connectivity index (χ3n) is 3.01. The van der Waals surface area contributed by atoms with E-state index in [4.69, 9.17) is 16.0 Å². The minimum Gasteiger partial charge on any atom is -0.464 e. The van der Waals surface area contributed by atoms with Crippen molar-refractivity contribution in [1.29, 1.82) is 0 Å². The molecule has 4 nitrogen and oxygen atoms in total. The summed E-state index contributed by atoms with van der Waals surface area (Å²) in [5, 5.41) is 0. The second kappa shape index (κ2) is 6.08. The summed E-state index contributed by atoms with van der Waals surface area (Å²) >= 11 is 5.65. The molecule has 0 N–H and O–H groups in total. The summed E-state index contributed by atoms with van der Waals surface area (Å²) in [6.45, 7) is 6.21. The van der Waals surface area contributed by atoms with Crippen LogP contribution in [-0.2, 0) is 15.9 Å². The molecule has 0 saturated heterocycles. The number of rotatable bonds is 6. The monoisotopic (exact) mass is 293 g/mol. The predicted octanol–water partition coefficient (Wildman–Crippen LogP) is 2.99. The largest absolute Gasteiger partial charge is 0.464 e. The summed E-state index contributed by atoms with van der Waals surface area (Å²) in [7, 11) is -1.89. The number of hydrogen-bond acceptors (Lipinski definition) is 3. The van der Waals surface area contributed by atoms with E-state index in [0.29, 0.717) is 24.0 Å². The van der Waals surface area contributed by atoms with Gasteiger partial charge in [-0.2, -0.15) is 0 Å². The Morgan fingerprint density at radius 3 is 2.56 bits per heavy atom. The molecular formula is C12H20ClNO3S. The van der Waals surface area contributed by atoms with E-state index in [9.17, 15) is 8.42 Å². The van der Waals surface area contributed by atoms with Crippen LogP contribution in [0.3, 0.4) is 0 Å². The number of halogens is 1. The van der Waals surface area contributed by atoms with Crippen LogP contribution in [0.1, 0.15) is 31.8 Å². The van der Waals surface area contributed by atoms with Crippen molar-refractivity contribution in [3.8, 4) is 0 Å². The highest BCUT2D eigenvalue weighted by atomic mass is 35.5. The Morgan fingerprint density at radius 2 is 2.11 bits per heavy atom. The Hall–Kier alpha value is -0.520. The molecule has 0 radical (unpaired) electrons. The summed E-state index contributed by atoms with van der Waals surface area (Å²) in [4.78, 5) is 0.212. The Balaban J connectivity index is 3.01. The first-order valence-electron chi connectivity index (χ1n) is 5.94. The lowest BCUT2D eigenvalue weighted by molar-refractivity contribution is 0.392. The molecule has 1 atom stereocenters. The molecule has 0 fully saturated rings. The van der Waals surface area contributed by atoms with E-state index in [2.05, 4.69) is 0 Å². The van der Waals surface area contributed by atoms with Gasteiger partial charge in [0.25, 0.3) is 0 Å². The average Bonchev–Trinajstić information content (AvgIpc) is 2.70. The minimum atomic E-state index is -3.48. The Labute approximate surface area is 114 Å². The first-order chi connectivity index (χ1) is 8.32. The summed E-state index contributed by atoms with van der Waals surface area (Å²) < 4.78 is 31.4.